The molecule has 2 aromatic rings. The highest BCUT2D eigenvalue weighted by Gasteiger charge is 2.21. The van der Waals surface area contributed by atoms with E-state index in [9.17, 15) is 0 Å². The summed E-state index contributed by atoms with van der Waals surface area (Å²) >= 11 is 0. The monoisotopic (exact) mass is 338 g/mol. The maximum Gasteiger partial charge on any atom is 0.250 e. The molecule has 8 heteroatoms. The van der Waals surface area contributed by atoms with Crippen LogP contribution in [0.1, 0.15) is 31.2 Å². The molecule has 0 bridgehead atoms. The van der Waals surface area contributed by atoms with Crippen molar-refractivity contribution in [3.8, 4) is 0 Å². The minimum atomic E-state index is 0.485. The number of rotatable bonds is 5. The van der Waals surface area contributed by atoms with E-state index in [1.54, 1.807) is 18.6 Å². The molecule has 0 atom stereocenters. The summed E-state index contributed by atoms with van der Waals surface area (Å²) in [7, 11) is 0. The first-order chi connectivity index (χ1) is 12.4. The Bertz CT molecular complexity index is 686. The van der Waals surface area contributed by atoms with Crippen molar-refractivity contribution in [1.29, 1.82) is 0 Å². The first kappa shape index (κ1) is 15.7. The lowest BCUT2D eigenvalue weighted by atomic mass is 10.3. The van der Waals surface area contributed by atoms with E-state index in [1.165, 1.54) is 25.7 Å². The van der Waals surface area contributed by atoms with Crippen LogP contribution in [0, 0.1) is 0 Å². The molecule has 2 fully saturated rings. The van der Waals surface area contributed by atoms with Crippen molar-refractivity contribution in [1.82, 2.24) is 19.9 Å². The van der Waals surface area contributed by atoms with Crippen molar-refractivity contribution in [3.05, 3.63) is 30.1 Å². The summed E-state index contributed by atoms with van der Waals surface area (Å²) in [6, 6.07) is 3.82. The number of hydrogen-bond donors (Lipinski definition) is 1. The van der Waals surface area contributed by atoms with Gasteiger partial charge in [-0.15, -0.1) is 0 Å². The maximum atomic E-state index is 4.69. The van der Waals surface area contributed by atoms with Crippen LogP contribution >= 0.6 is 0 Å². The Morgan fingerprint density at radius 3 is 2.12 bits per heavy atom. The summed E-state index contributed by atoms with van der Waals surface area (Å²) < 4.78 is 0. The molecule has 2 saturated heterocycles. The van der Waals surface area contributed by atoms with Gasteiger partial charge in [0.2, 0.25) is 17.8 Å². The van der Waals surface area contributed by atoms with Gasteiger partial charge < -0.3 is 9.80 Å². The van der Waals surface area contributed by atoms with Crippen LogP contribution in [0.25, 0.3) is 0 Å². The minimum Gasteiger partial charge on any atom is -0.341 e. The summed E-state index contributed by atoms with van der Waals surface area (Å²) in [4.78, 5) is 22.3. The van der Waals surface area contributed by atoms with Gasteiger partial charge in [0.15, 0.2) is 0 Å². The normalized spacial score (nSPS) is 17.6. The third-order valence-corrected chi connectivity index (χ3v) is 4.45. The Labute approximate surface area is 147 Å². The Hall–Kier alpha value is -2.77. The van der Waals surface area contributed by atoms with E-state index in [0.717, 1.165) is 43.6 Å². The van der Waals surface area contributed by atoms with Crippen molar-refractivity contribution >= 4 is 24.1 Å². The lowest BCUT2D eigenvalue weighted by molar-refractivity contribution is 0.838. The van der Waals surface area contributed by atoms with Gasteiger partial charge in [0.05, 0.1) is 6.21 Å². The molecule has 25 heavy (non-hydrogen) atoms. The summed E-state index contributed by atoms with van der Waals surface area (Å²) in [5.41, 5.74) is 3.87. The predicted molar refractivity (Wildman–Crippen MR) is 98.2 cm³/mol. The van der Waals surface area contributed by atoms with E-state index >= 15 is 0 Å². The van der Waals surface area contributed by atoms with E-state index in [1.807, 2.05) is 12.1 Å². The molecular formula is C17H22N8. The van der Waals surface area contributed by atoms with Crippen molar-refractivity contribution in [2.24, 2.45) is 5.10 Å². The highest BCUT2D eigenvalue weighted by molar-refractivity contribution is 5.79. The maximum absolute atomic E-state index is 4.69. The highest BCUT2D eigenvalue weighted by atomic mass is 15.4. The third kappa shape index (κ3) is 3.84. The molecule has 8 nitrogen and oxygen atoms in total. The van der Waals surface area contributed by atoms with Gasteiger partial charge in [-0.3, -0.25) is 4.98 Å². The molecular weight excluding hydrogens is 316 g/mol. The number of anilines is 3. The number of pyridine rings is 1. The number of hydrogen-bond acceptors (Lipinski definition) is 8. The molecule has 130 valence electrons. The second kappa shape index (κ2) is 7.42. The van der Waals surface area contributed by atoms with Crippen LogP contribution in [-0.4, -0.2) is 52.3 Å². The molecule has 0 amide bonds. The summed E-state index contributed by atoms with van der Waals surface area (Å²) in [5.74, 6) is 1.97. The molecule has 0 saturated carbocycles. The molecule has 2 aliphatic heterocycles. The lowest BCUT2D eigenvalue weighted by Crippen LogP contribution is -2.25. The van der Waals surface area contributed by atoms with Gasteiger partial charge in [0.25, 0.3) is 0 Å². The SMILES string of the molecule is C(=N/Nc1nc(N2CCCC2)nc(N2CCCC2)n1)/c1cccnc1. The molecule has 4 rings (SSSR count). The largest absolute Gasteiger partial charge is 0.341 e. The third-order valence-electron chi connectivity index (χ3n) is 4.45. The van der Waals surface area contributed by atoms with Crippen LogP contribution in [0.5, 0.6) is 0 Å². The second-order valence-electron chi connectivity index (χ2n) is 6.30. The number of nitrogens with one attached hydrogen (secondary N) is 1. The Balaban J connectivity index is 1.55. The zero-order valence-electron chi connectivity index (χ0n) is 14.2. The molecule has 2 aliphatic rings. The van der Waals surface area contributed by atoms with Crippen molar-refractivity contribution in [2.45, 2.75) is 25.7 Å². The summed E-state index contributed by atoms with van der Waals surface area (Å²) in [6.07, 6.45) is 9.95. The van der Waals surface area contributed by atoms with E-state index in [-0.39, 0.29) is 0 Å². The number of aromatic nitrogens is 4. The molecule has 0 aliphatic carbocycles. The highest BCUT2D eigenvalue weighted by Crippen LogP contribution is 2.22. The van der Waals surface area contributed by atoms with Gasteiger partial charge >= 0.3 is 0 Å². The predicted octanol–water partition coefficient (Wildman–Crippen LogP) is 1.91. The van der Waals surface area contributed by atoms with Crippen molar-refractivity contribution < 1.29 is 0 Å². The minimum absolute atomic E-state index is 0.485. The molecule has 0 spiro atoms. The van der Waals surface area contributed by atoms with Crippen LogP contribution in [0.15, 0.2) is 29.6 Å². The van der Waals surface area contributed by atoms with E-state index in [2.05, 4.69) is 35.3 Å². The van der Waals surface area contributed by atoms with Gasteiger partial charge in [-0.1, -0.05) is 6.07 Å². The summed E-state index contributed by atoms with van der Waals surface area (Å²) in [6.45, 7) is 4.01. The Morgan fingerprint density at radius 2 is 1.56 bits per heavy atom. The topological polar surface area (TPSA) is 82.4 Å². The standard InChI is InChI=1S/C17H22N8/c1-2-9-24(8-1)16-20-15(21-17(22-16)25-10-3-4-11-25)23-19-13-14-6-5-7-18-12-14/h5-7,12-13H,1-4,8-11H2,(H,20,21,22,23)/b19-13-. The average Bonchev–Trinajstić information content (AvgIpc) is 3.36. The van der Waals surface area contributed by atoms with E-state index < -0.39 is 0 Å². The van der Waals surface area contributed by atoms with Crippen LogP contribution in [0.4, 0.5) is 17.8 Å². The fourth-order valence-corrected chi connectivity index (χ4v) is 3.14. The fourth-order valence-electron chi connectivity index (χ4n) is 3.14. The Morgan fingerprint density at radius 1 is 0.920 bits per heavy atom. The van der Waals surface area contributed by atoms with E-state index in [4.69, 9.17) is 4.98 Å². The molecule has 0 radical (unpaired) electrons. The average molecular weight is 338 g/mol. The molecule has 2 aromatic heterocycles. The zero-order valence-corrected chi connectivity index (χ0v) is 14.2. The molecule has 0 aromatic carbocycles. The molecule has 4 heterocycles. The fraction of sp³-hybridized carbons (Fsp3) is 0.471. The van der Waals surface area contributed by atoms with Gasteiger partial charge in [-0.2, -0.15) is 20.1 Å². The zero-order chi connectivity index (χ0) is 16.9. The molecule has 1 N–H and O–H groups in total. The first-order valence-corrected chi connectivity index (χ1v) is 8.83. The van der Waals surface area contributed by atoms with Crippen LogP contribution in [0.3, 0.4) is 0 Å². The van der Waals surface area contributed by atoms with Gasteiger partial charge in [-0.25, -0.2) is 5.43 Å². The lowest BCUT2D eigenvalue weighted by Gasteiger charge is -2.20. The van der Waals surface area contributed by atoms with Crippen LogP contribution < -0.4 is 15.2 Å². The number of nitrogens with zero attached hydrogens (tertiary/aromatic N) is 7. The van der Waals surface area contributed by atoms with Crippen LogP contribution in [-0.2, 0) is 0 Å². The van der Waals surface area contributed by atoms with Crippen LogP contribution in [0.2, 0.25) is 0 Å². The quantitative estimate of drug-likeness (QED) is 0.658. The molecule has 0 unspecified atom stereocenters. The van der Waals surface area contributed by atoms with Crippen molar-refractivity contribution in [3.63, 3.8) is 0 Å². The first-order valence-electron chi connectivity index (χ1n) is 8.83. The van der Waals surface area contributed by atoms with Gasteiger partial charge in [-0.05, 0) is 31.7 Å². The van der Waals surface area contributed by atoms with E-state index in [0.29, 0.717) is 5.95 Å². The second-order valence-corrected chi connectivity index (χ2v) is 6.30. The van der Waals surface area contributed by atoms with Crippen molar-refractivity contribution in [2.75, 3.05) is 41.4 Å². The summed E-state index contributed by atoms with van der Waals surface area (Å²) in [5, 5.41) is 4.24. The number of hydrazone groups is 1. The Kier molecular flexibility index (Phi) is 4.67. The smallest absolute Gasteiger partial charge is 0.250 e. The van der Waals surface area contributed by atoms with Gasteiger partial charge in [0.1, 0.15) is 0 Å². The van der Waals surface area contributed by atoms with Gasteiger partial charge in [0, 0.05) is 44.1 Å².